The van der Waals surface area contributed by atoms with E-state index in [1.165, 1.54) is 12.1 Å². The molecule has 7 nitrogen and oxygen atoms in total. The molecule has 0 spiro atoms. The molecule has 0 saturated heterocycles. The smallest absolute Gasteiger partial charge is 0.269 e. The summed E-state index contributed by atoms with van der Waals surface area (Å²) in [5.41, 5.74) is 10.0. The van der Waals surface area contributed by atoms with E-state index < -0.39 is 5.91 Å². The molecule has 8 heteroatoms. The molecule has 1 amide bonds. The molecule has 4 rings (SSSR count). The minimum Gasteiger partial charge on any atom is -0.364 e. The number of rotatable bonds is 4. The minimum absolute atomic E-state index is 0.271. The summed E-state index contributed by atoms with van der Waals surface area (Å²) in [6, 6.07) is 6.24. The summed E-state index contributed by atoms with van der Waals surface area (Å²) >= 11 is 0. The first-order valence-electron chi connectivity index (χ1n) is 8.23. The molecule has 2 heterocycles. The zero-order chi connectivity index (χ0) is 18.3. The average Bonchev–Trinajstić information content (AvgIpc) is 2.98. The SMILES string of the molecule is Cn1nc(C(N)=O)c2c1-c1nc(NCc3ccc(F)cc3)ncc1CC2. The van der Waals surface area contributed by atoms with Gasteiger partial charge in [-0.1, -0.05) is 12.1 Å². The Hall–Kier alpha value is -3.29. The summed E-state index contributed by atoms with van der Waals surface area (Å²) in [7, 11) is 1.77. The molecule has 0 bridgehead atoms. The van der Waals surface area contributed by atoms with E-state index in [0.717, 1.165) is 34.5 Å². The van der Waals surface area contributed by atoms with Crippen molar-refractivity contribution < 1.29 is 9.18 Å². The maximum atomic E-state index is 13.0. The molecule has 1 aromatic carbocycles. The van der Waals surface area contributed by atoms with Crippen LogP contribution in [0, 0.1) is 5.82 Å². The van der Waals surface area contributed by atoms with Crippen molar-refractivity contribution in [2.45, 2.75) is 19.4 Å². The van der Waals surface area contributed by atoms with Crippen LogP contribution in [0.1, 0.15) is 27.2 Å². The number of carbonyl (C=O) groups excluding carboxylic acids is 1. The second kappa shape index (κ2) is 6.21. The lowest BCUT2D eigenvalue weighted by Crippen LogP contribution is -2.16. The number of aromatic nitrogens is 4. The highest BCUT2D eigenvalue weighted by Crippen LogP contribution is 2.33. The Balaban J connectivity index is 1.65. The molecule has 0 atom stereocenters. The van der Waals surface area contributed by atoms with Gasteiger partial charge in [-0.15, -0.1) is 0 Å². The highest BCUT2D eigenvalue weighted by Gasteiger charge is 2.27. The number of nitrogens with two attached hydrogens (primary N) is 1. The van der Waals surface area contributed by atoms with Crippen LogP contribution in [0.5, 0.6) is 0 Å². The second-order valence-electron chi connectivity index (χ2n) is 6.21. The van der Waals surface area contributed by atoms with E-state index in [0.29, 0.717) is 24.6 Å². The van der Waals surface area contributed by atoms with Crippen molar-refractivity contribution in [2.75, 3.05) is 5.32 Å². The van der Waals surface area contributed by atoms with Crippen LogP contribution in [-0.4, -0.2) is 25.7 Å². The molecule has 1 aliphatic carbocycles. The third-order valence-electron chi connectivity index (χ3n) is 4.48. The van der Waals surface area contributed by atoms with Crippen LogP contribution in [-0.2, 0) is 26.4 Å². The Labute approximate surface area is 149 Å². The summed E-state index contributed by atoms with van der Waals surface area (Å²) in [5, 5.41) is 7.39. The van der Waals surface area contributed by atoms with Crippen LogP contribution in [0.25, 0.3) is 11.4 Å². The fourth-order valence-corrected chi connectivity index (χ4v) is 3.22. The number of hydrogen-bond donors (Lipinski definition) is 2. The number of halogens is 1. The lowest BCUT2D eigenvalue weighted by Gasteiger charge is -2.17. The number of amides is 1. The number of benzene rings is 1. The molecular weight excluding hydrogens is 335 g/mol. The highest BCUT2D eigenvalue weighted by molar-refractivity contribution is 5.94. The first kappa shape index (κ1) is 16.2. The zero-order valence-corrected chi connectivity index (χ0v) is 14.2. The van der Waals surface area contributed by atoms with Gasteiger partial charge < -0.3 is 11.1 Å². The van der Waals surface area contributed by atoms with Gasteiger partial charge in [-0.2, -0.15) is 5.10 Å². The van der Waals surface area contributed by atoms with Gasteiger partial charge in [0, 0.05) is 25.4 Å². The highest BCUT2D eigenvalue weighted by atomic mass is 19.1. The van der Waals surface area contributed by atoms with E-state index >= 15 is 0 Å². The van der Waals surface area contributed by atoms with Crippen molar-refractivity contribution in [1.82, 2.24) is 19.7 Å². The summed E-state index contributed by atoms with van der Waals surface area (Å²) in [6.07, 6.45) is 3.20. The van der Waals surface area contributed by atoms with Crippen molar-refractivity contribution >= 4 is 11.9 Å². The molecule has 0 aliphatic heterocycles. The Morgan fingerprint density at radius 1 is 1.31 bits per heavy atom. The molecule has 1 aliphatic rings. The van der Waals surface area contributed by atoms with Gasteiger partial charge in [0.1, 0.15) is 5.82 Å². The largest absolute Gasteiger partial charge is 0.364 e. The first-order chi connectivity index (χ1) is 12.5. The number of nitrogens with one attached hydrogen (secondary N) is 1. The van der Waals surface area contributed by atoms with Crippen LogP contribution >= 0.6 is 0 Å². The summed E-state index contributed by atoms with van der Waals surface area (Å²) in [5.74, 6) is -0.343. The lowest BCUT2D eigenvalue weighted by molar-refractivity contribution is 0.0994. The third kappa shape index (κ3) is 2.79. The summed E-state index contributed by atoms with van der Waals surface area (Å²) in [4.78, 5) is 20.6. The van der Waals surface area contributed by atoms with E-state index in [-0.39, 0.29) is 5.82 Å². The van der Waals surface area contributed by atoms with Crippen LogP contribution in [0.3, 0.4) is 0 Å². The molecule has 0 saturated carbocycles. The maximum absolute atomic E-state index is 13.0. The average molecular weight is 352 g/mol. The predicted octanol–water partition coefficient (Wildman–Crippen LogP) is 1.83. The zero-order valence-electron chi connectivity index (χ0n) is 14.2. The van der Waals surface area contributed by atoms with E-state index in [9.17, 15) is 9.18 Å². The number of fused-ring (bicyclic) bond motifs is 3. The summed E-state index contributed by atoms with van der Waals surface area (Å²) in [6.45, 7) is 0.476. The Bertz CT molecular complexity index is 996. The fraction of sp³-hybridized carbons (Fsp3) is 0.222. The van der Waals surface area contributed by atoms with Gasteiger partial charge in [-0.05, 0) is 36.1 Å². The van der Waals surface area contributed by atoms with Gasteiger partial charge in [0.15, 0.2) is 5.69 Å². The molecule has 26 heavy (non-hydrogen) atoms. The van der Waals surface area contributed by atoms with Gasteiger partial charge in [0.05, 0.1) is 11.4 Å². The predicted molar refractivity (Wildman–Crippen MR) is 93.9 cm³/mol. The summed E-state index contributed by atoms with van der Waals surface area (Å²) < 4.78 is 14.6. The van der Waals surface area contributed by atoms with Crippen LogP contribution in [0.15, 0.2) is 30.5 Å². The van der Waals surface area contributed by atoms with Gasteiger partial charge in [0.2, 0.25) is 5.95 Å². The molecule has 2 aromatic heterocycles. The van der Waals surface area contributed by atoms with Gasteiger partial charge in [-0.25, -0.2) is 14.4 Å². The molecule has 0 fully saturated rings. The van der Waals surface area contributed by atoms with Crippen LogP contribution in [0.4, 0.5) is 10.3 Å². The van der Waals surface area contributed by atoms with E-state index in [1.54, 1.807) is 30.1 Å². The maximum Gasteiger partial charge on any atom is 0.269 e. The number of primary amides is 1. The number of aryl methyl sites for hydroxylation is 2. The van der Waals surface area contributed by atoms with Gasteiger partial charge in [-0.3, -0.25) is 9.48 Å². The molecule has 0 unspecified atom stereocenters. The van der Waals surface area contributed by atoms with Gasteiger partial charge >= 0.3 is 0 Å². The van der Waals surface area contributed by atoms with Crippen molar-refractivity contribution in [3.05, 3.63) is 58.7 Å². The van der Waals surface area contributed by atoms with Crippen molar-refractivity contribution in [1.29, 1.82) is 0 Å². The monoisotopic (exact) mass is 352 g/mol. The third-order valence-corrected chi connectivity index (χ3v) is 4.48. The second-order valence-corrected chi connectivity index (χ2v) is 6.21. The van der Waals surface area contributed by atoms with Gasteiger partial charge in [0.25, 0.3) is 5.91 Å². The topological polar surface area (TPSA) is 98.7 Å². The normalized spacial score (nSPS) is 12.4. The Kier molecular flexibility index (Phi) is 3.87. The Morgan fingerprint density at radius 2 is 2.08 bits per heavy atom. The number of anilines is 1. The molecule has 3 N–H and O–H groups in total. The van der Waals surface area contributed by atoms with Crippen molar-refractivity contribution in [3.63, 3.8) is 0 Å². The lowest BCUT2D eigenvalue weighted by atomic mass is 9.93. The van der Waals surface area contributed by atoms with Crippen molar-refractivity contribution in [3.8, 4) is 11.4 Å². The molecule has 0 radical (unpaired) electrons. The minimum atomic E-state index is -0.533. The number of hydrogen-bond acceptors (Lipinski definition) is 5. The number of carbonyl (C=O) groups is 1. The van der Waals surface area contributed by atoms with Crippen LogP contribution < -0.4 is 11.1 Å². The molecule has 3 aromatic rings. The van der Waals surface area contributed by atoms with E-state index in [2.05, 4.69) is 20.4 Å². The Morgan fingerprint density at radius 3 is 2.81 bits per heavy atom. The molecule has 132 valence electrons. The quantitative estimate of drug-likeness (QED) is 0.746. The molecular formula is C18H17FN6O. The van der Waals surface area contributed by atoms with E-state index in [1.807, 2.05) is 0 Å². The first-order valence-corrected chi connectivity index (χ1v) is 8.23. The fourth-order valence-electron chi connectivity index (χ4n) is 3.22. The van der Waals surface area contributed by atoms with E-state index in [4.69, 9.17) is 5.73 Å². The standard InChI is InChI=1S/C18H17FN6O/c1-25-16-13(15(24-25)17(20)26)7-4-11-9-22-18(23-14(11)16)21-8-10-2-5-12(19)6-3-10/h2-3,5-6,9H,4,7-8H2,1H3,(H2,20,26)(H,21,22,23). The van der Waals surface area contributed by atoms with Crippen LogP contribution in [0.2, 0.25) is 0 Å². The van der Waals surface area contributed by atoms with Crippen molar-refractivity contribution in [2.24, 2.45) is 12.8 Å². The number of nitrogens with zero attached hydrogens (tertiary/aromatic N) is 4.